The normalized spacial score (nSPS) is 32.0. The Bertz CT molecular complexity index is 6410. The van der Waals surface area contributed by atoms with Gasteiger partial charge in [0.2, 0.25) is 11.9 Å². The molecule has 0 amide bonds. The second-order valence-electron chi connectivity index (χ2n) is 28.5. The zero-order valence-corrected chi connectivity index (χ0v) is 69.6. The third-order valence-corrected chi connectivity index (χ3v) is 25.5. The topological polar surface area (TPSA) is 968 Å². The molecule has 6 aliphatic rings. The number of nitrogens with two attached hydrogens (primary N) is 5. The van der Waals surface area contributed by atoms with Crippen molar-refractivity contribution in [1.29, 1.82) is 0 Å². The molecule has 66 nitrogen and oxygen atoms in total. The molecule has 15 rings (SSSR count). The molecule has 704 valence electrons. The van der Waals surface area contributed by atoms with Gasteiger partial charge in [-0.05, 0) is 12.1 Å². The van der Waals surface area contributed by atoms with Crippen molar-refractivity contribution in [2.75, 3.05) is 68.3 Å². The summed E-state index contributed by atoms with van der Waals surface area (Å²) in [5.74, 6) is -1.88. The summed E-state index contributed by atoms with van der Waals surface area (Å²) in [6, 6.07) is 2.77. The van der Waals surface area contributed by atoms with Gasteiger partial charge < -0.3 is 127 Å². The third-order valence-electron chi connectivity index (χ3n) is 20.1. The Balaban J connectivity index is 0.650. The van der Waals surface area contributed by atoms with Crippen LogP contribution in [-0.4, -0.2) is 307 Å². The van der Waals surface area contributed by atoms with Crippen molar-refractivity contribution in [3.63, 3.8) is 0 Å². The lowest BCUT2D eigenvalue weighted by atomic mass is 10.1. The highest BCUT2D eigenvalue weighted by Gasteiger charge is 2.58. The Labute approximate surface area is 710 Å². The second kappa shape index (κ2) is 36.4. The van der Waals surface area contributed by atoms with Crippen LogP contribution in [0.15, 0.2) is 90.9 Å². The van der Waals surface area contributed by atoms with Gasteiger partial charge in [-0.15, -0.1) is 0 Å². The van der Waals surface area contributed by atoms with Crippen LogP contribution in [0.1, 0.15) is 37.4 Å². The molecule has 29 atom stereocenters. The van der Waals surface area contributed by atoms with E-state index in [0.29, 0.717) is 13.7 Å². The minimum absolute atomic E-state index is 0.150. The average Bonchev–Trinajstić information content (AvgIpc) is 1.54. The number of fused-ring (bicyclic) bond motifs is 3. The molecule has 72 heteroatoms. The van der Waals surface area contributed by atoms with Crippen LogP contribution in [-0.2, 0) is 106 Å². The summed E-state index contributed by atoms with van der Waals surface area (Å²) in [5, 5.41) is 80.5. The van der Waals surface area contributed by atoms with Gasteiger partial charge in [0.1, 0.15) is 133 Å². The SMILES string of the molecule is Nc1ccn([C@@H]2O[C@H](COP(=O)(O)O[C@H]3[C@@H](O)[C@H](n4cnc5c(N)ncnc54)O[C@@H]3COP(=O)(O)O[C@H]3[C@@H](O)[C@H](n4ccc(=O)[nH]c4=O)O[C@@H]3COP(=O)(O)O[C@H]3[C@@H](O)[C@H](n4ccc(N)nc4=O)O[C@@H]3COP(=O)(O)O[C@H]3[C@@H](O)[C@H](n4cnc5c(=O)[nH]c(N)nc54)O[C@@H]3CO)[C@@H](OP(=O)(O)OC[C@H]3O[C@@H](n4cnc5c(=O)[nH]c(N)nc54)[C@H](O)[C@@H]3OP(=O)(O)O)[C@H]2O)c(=O)n1. The van der Waals surface area contributed by atoms with E-state index in [4.69, 9.17) is 107 Å². The average molecular weight is 1950 g/mol. The fraction of sp³-hybridized carbons (Fsp3) is 0.526. The Morgan fingerprint density at radius 1 is 0.364 bits per heavy atom. The van der Waals surface area contributed by atoms with E-state index in [2.05, 4.69) is 54.8 Å². The first-order chi connectivity index (χ1) is 60.6. The zero-order valence-electron chi connectivity index (χ0n) is 64.3. The number of hydrogen-bond donors (Lipinski definition) is 22. The van der Waals surface area contributed by atoms with E-state index in [9.17, 15) is 126 Å². The van der Waals surface area contributed by atoms with Crippen molar-refractivity contribution in [2.45, 2.75) is 147 Å². The molecule has 5 unspecified atom stereocenters. The Morgan fingerprint density at radius 3 is 1.00 bits per heavy atom. The van der Waals surface area contributed by atoms with Gasteiger partial charge in [-0.25, -0.2) is 66.7 Å². The Kier molecular flexibility index (Phi) is 26.7. The van der Waals surface area contributed by atoms with Crippen LogP contribution in [0.4, 0.5) is 29.4 Å². The Morgan fingerprint density at radius 2 is 0.667 bits per heavy atom. The molecule has 27 N–H and O–H groups in total. The maximum absolute atomic E-state index is 14.5. The number of H-pyrrole nitrogens is 3. The summed E-state index contributed by atoms with van der Waals surface area (Å²) in [5.41, 5.74) is 20.5. The number of phosphoric ester groups is 6. The maximum Gasteiger partial charge on any atom is 0.472 e. The molecule has 15 heterocycles. The predicted octanol–water partition coefficient (Wildman–Crippen LogP) is -9.40. The lowest BCUT2D eigenvalue weighted by molar-refractivity contribution is -0.0661. The molecule has 9 aromatic heterocycles. The highest BCUT2D eigenvalue weighted by molar-refractivity contribution is 7.48. The number of hydrogen-bond acceptors (Lipinski definition) is 50. The number of nitrogens with one attached hydrogen (secondary N) is 3. The molecule has 6 fully saturated rings. The monoisotopic (exact) mass is 1950 g/mol. The fourth-order valence-electron chi connectivity index (χ4n) is 14.4. The van der Waals surface area contributed by atoms with Gasteiger partial charge in [0.25, 0.3) is 16.7 Å². The lowest BCUT2D eigenvalue weighted by Crippen LogP contribution is -2.39. The van der Waals surface area contributed by atoms with Crippen molar-refractivity contribution < 1.29 is 176 Å². The first-order valence-electron chi connectivity index (χ1n) is 36.7. The van der Waals surface area contributed by atoms with Crippen LogP contribution < -0.4 is 62.4 Å². The standard InChI is InChI=1S/C57H73N23O43P6/c58-23-1-4-75(55(91)68-23)47-31(85)37(19(113-47)9-108-125(97,98)119-35-17(7-81)112-51(29(35)83)79-15-66-27-43(79)71-53(61)73-45(27)89)121-127(101,102)109-11-21-39(33(87)49(115-21)77-6-3-25(82)70-57(77)93)122-128(103,104)111-12-22-40(34(88)50(117-22)78-14-65-26-41(60)63-13-64-42(26)78)123-129(105,106)110-10-20-38(32(86)48(114-20)76-5-2-24(59)69-56(76)92)120-126(99,100)107-8-18-36(118-124(94,95)96)30(84)52(116-18)80-16-67-28-44(80)72-54(62)74-46(28)90/h1-6,13-22,29-40,47-52,81,83-88H,7-12H2,(H,97,98)(H,99,100)(H,101,102)(H,103,104)(H,105,106)(H2,58,68,91)(H2,59,69,92)(H2,60,63,64)(H,70,82,93)(H2,94,95,96)(H3,61,71,73,89)(H3,62,72,74,90)/t17-,18-,19-,20-,21-,22-,29-,30-,31-,32-,33-,34-,35-,36-,37-,38-,39-,40-,47-,48-,49-,50-,51-,52-/m1/s1. The van der Waals surface area contributed by atoms with Gasteiger partial charge in [-0.3, -0.25) is 106 Å². The molecule has 0 aromatic carbocycles. The van der Waals surface area contributed by atoms with Crippen molar-refractivity contribution >= 4 is 110 Å². The lowest BCUT2D eigenvalue weighted by Gasteiger charge is -2.27. The number of nitrogen functional groups attached to an aromatic ring is 5. The van der Waals surface area contributed by atoms with E-state index < -0.39 is 279 Å². The largest absolute Gasteiger partial charge is 0.472 e. The number of aliphatic hydroxyl groups is 7. The molecular formula is C57H73N23O43P6. The molecule has 0 bridgehead atoms. The Hall–Kier alpha value is -9.17. The summed E-state index contributed by atoms with van der Waals surface area (Å²) in [7, 11) is -35.2. The highest BCUT2D eigenvalue weighted by Crippen LogP contribution is 2.57. The first kappa shape index (κ1) is 94.5. The van der Waals surface area contributed by atoms with E-state index in [1.54, 1.807) is 0 Å². The summed E-state index contributed by atoms with van der Waals surface area (Å²) >= 11 is 0. The number of ether oxygens (including phenoxy) is 6. The van der Waals surface area contributed by atoms with Crippen molar-refractivity contribution in [1.82, 2.24) is 87.2 Å². The molecule has 6 aliphatic heterocycles. The number of nitrogens with zero attached hydrogens (tertiary/aromatic N) is 15. The van der Waals surface area contributed by atoms with Crippen molar-refractivity contribution in [3.8, 4) is 0 Å². The van der Waals surface area contributed by atoms with E-state index >= 15 is 0 Å². The van der Waals surface area contributed by atoms with Gasteiger partial charge >= 0.3 is 64.0 Å². The fourth-order valence-corrected chi connectivity index (χ4v) is 19.8. The molecule has 0 saturated carbocycles. The number of aromatic nitrogens is 18. The number of aliphatic hydroxyl groups excluding tert-OH is 7. The van der Waals surface area contributed by atoms with Crippen LogP contribution in [0, 0.1) is 0 Å². The van der Waals surface area contributed by atoms with Crippen LogP contribution in [0.2, 0.25) is 0 Å². The molecule has 0 aliphatic carbocycles. The summed E-state index contributed by atoms with van der Waals surface area (Å²) in [6.07, 6.45) is -45.4. The van der Waals surface area contributed by atoms with Crippen LogP contribution in [0.25, 0.3) is 33.5 Å². The third kappa shape index (κ3) is 20.0. The smallest absolute Gasteiger partial charge is 0.394 e. The molecule has 6 saturated heterocycles. The summed E-state index contributed by atoms with van der Waals surface area (Å²) in [4.78, 5) is 195. The number of rotatable bonds is 34. The predicted molar refractivity (Wildman–Crippen MR) is 409 cm³/mol. The van der Waals surface area contributed by atoms with E-state index in [1.807, 2.05) is 4.98 Å². The molecule has 9 aromatic rings. The van der Waals surface area contributed by atoms with Crippen LogP contribution in [0.5, 0.6) is 0 Å². The molecule has 0 spiro atoms. The molecule has 0 radical (unpaired) electrons. The minimum Gasteiger partial charge on any atom is -0.394 e. The number of imidazole rings is 3. The van der Waals surface area contributed by atoms with Crippen molar-refractivity contribution in [2.24, 2.45) is 0 Å². The highest BCUT2D eigenvalue weighted by atomic mass is 31.2. The van der Waals surface area contributed by atoms with Gasteiger partial charge in [-0.1, -0.05) is 0 Å². The van der Waals surface area contributed by atoms with E-state index in [-0.39, 0.29) is 50.9 Å². The first-order valence-corrected chi connectivity index (χ1v) is 45.7. The summed E-state index contributed by atoms with van der Waals surface area (Å²) < 4.78 is 180. The minimum atomic E-state index is -6.06. The quantitative estimate of drug-likeness (QED) is 0.0167. The van der Waals surface area contributed by atoms with Gasteiger partial charge in [0, 0.05) is 24.7 Å². The van der Waals surface area contributed by atoms with Crippen LogP contribution >= 0.6 is 46.9 Å². The number of phosphoric acid groups is 6. The number of aromatic amines is 3. The van der Waals surface area contributed by atoms with Gasteiger partial charge in [0.15, 0.2) is 71.2 Å². The van der Waals surface area contributed by atoms with Crippen molar-refractivity contribution in [3.05, 3.63) is 125 Å². The van der Waals surface area contributed by atoms with E-state index in [0.717, 1.165) is 75.8 Å². The van der Waals surface area contributed by atoms with Gasteiger partial charge in [0.05, 0.1) is 58.6 Å². The van der Waals surface area contributed by atoms with E-state index in [1.165, 1.54) is 0 Å². The second-order valence-corrected chi connectivity index (χ2v) is 36.7. The molecule has 129 heavy (non-hydrogen) atoms. The molecular weight excluding hydrogens is 1880 g/mol. The summed E-state index contributed by atoms with van der Waals surface area (Å²) in [6.45, 7) is -8.14. The van der Waals surface area contributed by atoms with Gasteiger partial charge in [-0.2, -0.15) is 19.9 Å². The maximum atomic E-state index is 14.5. The zero-order chi connectivity index (χ0) is 93.0. The number of anilines is 5. The van der Waals surface area contributed by atoms with Crippen LogP contribution in [0.3, 0.4) is 0 Å².